The zero-order valence-electron chi connectivity index (χ0n) is 10.4. The van der Waals surface area contributed by atoms with E-state index < -0.39 is 0 Å². The predicted octanol–water partition coefficient (Wildman–Crippen LogP) is 1.70. The van der Waals surface area contributed by atoms with Crippen LogP contribution in [-0.2, 0) is 0 Å². The third-order valence-electron chi connectivity index (χ3n) is 3.87. The number of nitrogens with zero attached hydrogens (tertiary/aromatic N) is 2. The minimum atomic E-state index is 0.306. The second-order valence-corrected chi connectivity index (χ2v) is 5.26. The molecule has 17 heavy (non-hydrogen) atoms. The highest BCUT2D eigenvalue weighted by Gasteiger charge is 2.34. The van der Waals surface area contributed by atoms with Crippen LogP contribution in [0.2, 0.25) is 0 Å². The fourth-order valence-corrected chi connectivity index (χ4v) is 2.95. The van der Waals surface area contributed by atoms with Crippen LogP contribution in [0, 0.1) is 6.92 Å². The van der Waals surface area contributed by atoms with Gasteiger partial charge in [-0.2, -0.15) is 0 Å². The zero-order valence-corrected chi connectivity index (χ0v) is 10.4. The van der Waals surface area contributed by atoms with E-state index in [9.17, 15) is 4.79 Å². The number of aryl methyl sites for hydroxylation is 1. The second-order valence-electron chi connectivity index (χ2n) is 5.26. The monoisotopic (exact) mass is 230 g/mol. The first kappa shape index (κ1) is 10.8. The van der Waals surface area contributed by atoms with Crippen LogP contribution < -0.4 is 4.90 Å². The number of fused-ring (bicyclic) bond motifs is 3. The molecule has 0 aliphatic carbocycles. The van der Waals surface area contributed by atoms with Gasteiger partial charge in [0.15, 0.2) is 5.78 Å². The third kappa shape index (κ3) is 1.75. The number of ketones is 1. The Kier molecular flexibility index (Phi) is 2.44. The molecule has 3 heteroatoms. The zero-order chi connectivity index (χ0) is 12.0. The van der Waals surface area contributed by atoms with Crippen molar-refractivity contribution >= 4 is 11.5 Å². The highest BCUT2D eigenvalue weighted by Crippen LogP contribution is 2.32. The summed E-state index contributed by atoms with van der Waals surface area (Å²) in [7, 11) is 2.13. The molecular formula is C14H18N2O. The summed E-state index contributed by atoms with van der Waals surface area (Å²) in [6.07, 6.45) is 0.667. The van der Waals surface area contributed by atoms with Crippen molar-refractivity contribution in [3.05, 3.63) is 29.3 Å². The summed E-state index contributed by atoms with van der Waals surface area (Å²) in [5.41, 5.74) is 3.24. The van der Waals surface area contributed by atoms with Gasteiger partial charge >= 0.3 is 0 Å². The van der Waals surface area contributed by atoms with E-state index in [0.717, 1.165) is 30.9 Å². The van der Waals surface area contributed by atoms with Crippen molar-refractivity contribution in [1.29, 1.82) is 0 Å². The van der Waals surface area contributed by atoms with E-state index in [0.29, 0.717) is 18.2 Å². The van der Waals surface area contributed by atoms with E-state index in [-0.39, 0.29) is 0 Å². The molecule has 0 amide bonds. The standard InChI is InChI=1S/C14H18N2O/c1-10-3-4-13-12(7-10)14(17)8-11-9-15(2)5-6-16(11)13/h3-4,7,11H,5-6,8-9H2,1-2H3. The Balaban J connectivity index is 2.03. The molecule has 0 radical (unpaired) electrons. The Morgan fingerprint density at radius 3 is 2.94 bits per heavy atom. The van der Waals surface area contributed by atoms with Gasteiger partial charge in [0, 0.05) is 43.3 Å². The van der Waals surface area contributed by atoms with Crippen molar-refractivity contribution in [2.45, 2.75) is 19.4 Å². The van der Waals surface area contributed by atoms with Gasteiger partial charge in [0.05, 0.1) is 0 Å². The lowest BCUT2D eigenvalue weighted by atomic mass is 9.92. The second kappa shape index (κ2) is 3.84. The van der Waals surface area contributed by atoms with Gasteiger partial charge in [0.25, 0.3) is 0 Å². The summed E-state index contributed by atoms with van der Waals surface area (Å²) in [6.45, 7) is 5.16. The van der Waals surface area contributed by atoms with Gasteiger partial charge in [0.1, 0.15) is 0 Å². The summed E-state index contributed by atoms with van der Waals surface area (Å²) in [4.78, 5) is 16.9. The molecule has 3 rings (SSSR count). The Morgan fingerprint density at radius 2 is 2.12 bits per heavy atom. The lowest BCUT2D eigenvalue weighted by Crippen LogP contribution is -2.54. The number of anilines is 1. The van der Waals surface area contributed by atoms with Crippen molar-refractivity contribution in [2.75, 3.05) is 31.6 Å². The number of carbonyl (C=O) groups excluding carboxylic acids is 1. The Bertz CT molecular complexity index is 469. The molecule has 1 fully saturated rings. The van der Waals surface area contributed by atoms with Crippen LogP contribution in [0.5, 0.6) is 0 Å². The lowest BCUT2D eigenvalue weighted by molar-refractivity contribution is 0.0950. The maximum atomic E-state index is 12.2. The molecule has 1 aromatic carbocycles. The first-order valence-corrected chi connectivity index (χ1v) is 6.24. The molecular weight excluding hydrogens is 212 g/mol. The summed E-state index contributed by atoms with van der Waals surface area (Å²) in [6, 6.07) is 6.62. The van der Waals surface area contributed by atoms with E-state index in [1.807, 2.05) is 13.0 Å². The van der Waals surface area contributed by atoms with Crippen LogP contribution in [0.1, 0.15) is 22.3 Å². The first-order chi connectivity index (χ1) is 8.15. The van der Waals surface area contributed by atoms with Crippen molar-refractivity contribution in [3.63, 3.8) is 0 Å². The van der Waals surface area contributed by atoms with Crippen molar-refractivity contribution < 1.29 is 4.79 Å². The van der Waals surface area contributed by atoms with E-state index in [2.05, 4.69) is 29.0 Å². The topological polar surface area (TPSA) is 23.6 Å². The molecule has 0 N–H and O–H groups in total. The molecule has 0 bridgehead atoms. The van der Waals surface area contributed by atoms with Crippen molar-refractivity contribution in [2.24, 2.45) is 0 Å². The number of rotatable bonds is 0. The average Bonchev–Trinajstić information content (AvgIpc) is 2.29. The summed E-state index contributed by atoms with van der Waals surface area (Å²) < 4.78 is 0. The smallest absolute Gasteiger partial charge is 0.167 e. The Labute approximate surface area is 102 Å². The normalized spacial score (nSPS) is 24.5. The van der Waals surface area contributed by atoms with Crippen LogP contribution in [0.4, 0.5) is 5.69 Å². The van der Waals surface area contributed by atoms with Gasteiger partial charge in [-0.25, -0.2) is 0 Å². The molecule has 0 aromatic heterocycles. The number of piperazine rings is 1. The van der Waals surface area contributed by atoms with Crippen LogP contribution in [-0.4, -0.2) is 43.4 Å². The summed E-state index contributed by atoms with van der Waals surface area (Å²) >= 11 is 0. The van der Waals surface area contributed by atoms with Crippen LogP contribution in [0.3, 0.4) is 0 Å². The van der Waals surface area contributed by atoms with Crippen LogP contribution in [0.15, 0.2) is 18.2 Å². The highest BCUT2D eigenvalue weighted by molar-refractivity contribution is 6.04. The highest BCUT2D eigenvalue weighted by atomic mass is 16.1. The number of hydrogen-bond acceptors (Lipinski definition) is 3. The van der Waals surface area contributed by atoms with E-state index in [1.54, 1.807) is 0 Å². The van der Waals surface area contributed by atoms with Gasteiger partial charge in [-0.05, 0) is 26.1 Å². The molecule has 90 valence electrons. The number of hydrogen-bond donors (Lipinski definition) is 0. The summed E-state index contributed by atoms with van der Waals surface area (Å²) in [5.74, 6) is 0.306. The maximum absolute atomic E-state index is 12.2. The molecule has 2 aliphatic heterocycles. The van der Waals surface area contributed by atoms with E-state index >= 15 is 0 Å². The molecule has 1 atom stereocenters. The number of likely N-dealkylation sites (N-methyl/N-ethyl adjacent to an activating group) is 1. The molecule has 3 nitrogen and oxygen atoms in total. The van der Waals surface area contributed by atoms with Crippen LogP contribution >= 0.6 is 0 Å². The van der Waals surface area contributed by atoms with E-state index in [1.165, 1.54) is 5.56 Å². The van der Waals surface area contributed by atoms with Crippen LogP contribution in [0.25, 0.3) is 0 Å². The minimum Gasteiger partial charge on any atom is -0.365 e. The SMILES string of the molecule is Cc1ccc2c(c1)C(=O)CC1CN(C)CCN21. The fraction of sp³-hybridized carbons (Fsp3) is 0.500. The van der Waals surface area contributed by atoms with E-state index in [4.69, 9.17) is 0 Å². The molecule has 2 aliphatic rings. The Hall–Kier alpha value is -1.35. The van der Waals surface area contributed by atoms with Gasteiger partial charge in [-0.15, -0.1) is 0 Å². The molecule has 0 spiro atoms. The largest absolute Gasteiger partial charge is 0.365 e. The number of carbonyl (C=O) groups is 1. The van der Waals surface area contributed by atoms with Gasteiger partial charge in [0.2, 0.25) is 0 Å². The molecule has 0 saturated carbocycles. The molecule has 2 heterocycles. The maximum Gasteiger partial charge on any atom is 0.167 e. The predicted molar refractivity (Wildman–Crippen MR) is 68.8 cm³/mol. The average molecular weight is 230 g/mol. The number of benzene rings is 1. The van der Waals surface area contributed by atoms with Gasteiger partial charge in [-0.3, -0.25) is 4.79 Å². The fourth-order valence-electron chi connectivity index (χ4n) is 2.95. The third-order valence-corrected chi connectivity index (χ3v) is 3.87. The first-order valence-electron chi connectivity index (χ1n) is 6.24. The number of Topliss-reactive ketones (excluding diaryl/α,β-unsaturated/α-hetero) is 1. The lowest BCUT2D eigenvalue weighted by Gasteiger charge is -2.44. The van der Waals surface area contributed by atoms with Crippen molar-refractivity contribution in [1.82, 2.24) is 4.90 Å². The van der Waals surface area contributed by atoms with Crippen molar-refractivity contribution in [3.8, 4) is 0 Å². The van der Waals surface area contributed by atoms with Gasteiger partial charge < -0.3 is 9.80 Å². The Morgan fingerprint density at radius 1 is 1.29 bits per heavy atom. The minimum absolute atomic E-state index is 0.306. The van der Waals surface area contributed by atoms with Gasteiger partial charge in [-0.1, -0.05) is 11.6 Å². The molecule has 1 saturated heterocycles. The molecule has 1 aromatic rings. The quantitative estimate of drug-likeness (QED) is 0.678. The molecule has 1 unspecified atom stereocenters. The summed E-state index contributed by atoms with van der Waals surface area (Å²) in [5, 5.41) is 0.